The zero-order chi connectivity index (χ0) is 22.9. The number of amides is 2. The predicted octanol–water partition coefficient (Wildman–Crippen LogP) is 6.70. The molecule has 0 spiro atoms. The van der Waals surface area contributed by atoms with Crippen molar-refractivity contribution in [3.63, 3.8) is 0 Å². The van der Waals surface area contributed by atoms with Crippen molar-refractivity contribution in [2.24, 2.45) is 11.3 Å². The molecule has 2 atom stereocenters. The first-order valence-electron chi connectivity index (χ1n) is 11.1. The highest BCUT2D eigenvalue weighted by molar-refractivity contribution is 7.17. The summed E-state index contributed by atoms with van der Waals surface area (Å²) in [7, 11) is 0. The summed E-state index contributed by atoms with van der Waals surface area (Å²) < 4.78 is 0. The Kier molecular flexibility index (Phi) is 6.54. The lowest BCUT2D eigenvalue weighted by Crippen LogP contribution is -2.30. The first kappa shape index (κ1) is 22.7. The van der Waals surface area contributed by atoms with E-state index in [1.54, 1.807) is 17.4 Å². The number of rotatable bonds is 5. The number of carbonyl (C=O) groups is 2. The SMILES string of the molecule is C[C@H](NC(=O)c1c(NC(=O)c2cccs2)sc2c1CC[C@@H](C(C)(C)C)C2)c1ccccc1. The molecule has 2 aromatic heterocycles. The molecule has 3 aromatic rings. The summed E-state index contributed by atoms with van der Waals surface area (Å²) >= 11 is 2.97. The number of fused-ring (bicyclic) bond motifs is 1. The molecule has 2 amide bonds. The fourth-order valence-corrected chi connectivity index (χ4v) is 6.26. The second-order valence-corrected chi connectivity index (χ2v) is 11.6. The Hall–Kier alpha value is -2.44. The van der Waals surface area contributed by atoms with Crippen molar-refractivity contribution < 1.29 is 9.59 Å². The van der Waals surface area contributed by atoms with Gasteiger partial charge in [-0.1, -0.05) is 57.2 Å². The van der Waals surface area contributed by atoms with E-state index in [1.807, 2.05) is 48.7 Å². The first-order chi connectivity index (χ1) is 15.2. The summed E-state index contributed by atoms with van der Waals surface area (Å²) in [6, 6.07) is 13.5. The Balaban J connectivity index is 1.65. The zero-order valence-corrected chi connectivity index (χ0v) is 20.7. The van der Waals surface area contributed by atoms with E-state index >= 15 is 0 Å². The quantitative estimate of drug-likeness (QED) is 0.439. The van der Waals surface area contributed by atoms with Crippen molar-refractivity contribution in [1.82, 2.24) is 5.32 Å². The van der Waals surface area contributed by atoms with Crippen LogP contribution in [0.2, 0.25) is 0 Å². The molecule has 4 rings (SSSR count). The maximum absolute atomic E-state index is 13.5. The van der Waals surface area contributed by atoms with Crippen molar-refractivity contribution in [3.05, 3.63) is 74.3 Å². The molecule has 0 fully saturated rings. The zero-order valence-electron chi connectivity index (χ0n) is 19.0. The van der Waals surface area contributed by atoms with Gasteiger partial charge in [-0.2, -0.15) is 0 Å². The molecule has 0 saturated carbocycles. The number of carbonyl (C=O) groups excluding carboxylic acids is 2. The Morgan fingerprint density at radius 3 is 2.47 bits per heavy atom. The van der Waals surface area contributed by atoms with Gasteiger partial charge in [0.15, 0.2) is 0 Å². The smallest absolute Gasteiger partial charge is 0.266 e. The van der Waals surface area contributed by atoms with E-state index in [-0.39, 0.29) is 23.3 Å². The molecule has 0 bridgehead atoms. The summed E-state index contributed by atoms with van der Waals surface area (Å²) in [5.41, 5.74) is 3.02. The van der Waals surface area contributed by atoms with E-state index in [0.29, 0.717) is 21.4 Å². The van der Waals surface area contributed by atoms with Gasteiger partial charge < -0.3 is 10.6 Å². The maximum Gasteiger partial charge on any atom is 0.266 e. The number of hydrogen-bond donors (Lipinski definition) is 2. The minimum absolute atomic E-state index is 0.116. The summed E-state index contributed by atoms with van der Waals surface area (Å²) in [6.45, 7) is 8.84. The third kappa shape index (κ3) is 4.81. The Morgan fingerprint density at radius 1 is 1.06 bits per heavy atom. The molecule has 32 heavy (non-hydrogen) atoms. The third-order valence-electron chi connectivity index (χ3n) is 6.34. The van der Waals surface area contributed by atoms with Gasteiger partial charge in [-0.25, -0.2) is 0 Å². The van der Waals surface area contributed by atoms with E-state index < -0.39 is 0 Å². The summed E-state index contributed by atoms with van der Waals surface area (Å²) in [5.74, 6) is 0.291. The van der Waals surface area contributed by atoms with Crippen molar-refractivity contribution in [2.45, 2.75) is 53.0 Å². The fraction of sp³-hybridized carbons (Fsp3) is 0.385. The second kappa shape index (κ2) is 9.20. The second-order valence-electron chi connectivity index (χ2n) is 9.55. The highest BCUT2D eigenvalue weighted by Crippen LogP contribution is 2.44. The topological polar surface area (TPSA) is 58.2 Å². The maximum atomic E-state index is 13.5. The van der Waals surface area contributed by atoms with Gasteiger partial charge in [0.05, 0.1) is 16.5 Å². The van der Waals surface area contributed by atoms with E-state index in [4.69, 9.17) is 0 Å². The first-order valence-corrected chi connectivity index (χ1v) is 12.8. The standard InChI is InChI=1S/C26H30N2O2S2/c1-16(17-9-6-5-7-10-17)27-24(30)22-19-13-12-18(26(2,3)4)15-21(19)32-25(22)28-23(29)20-11-8-14-31-20/h5-11,14,16,18H,12-13,15H2,1-4H3,(H,27,30)(H,28,29)/t16-,18+/m0/s1. The third-order valence-corrected chi connectivity index (χ3v) is 8.37. The van der Waals surface area contributed by atoms with E-state index in [0.717, 1.165) is 30.4 Å². The predicted molar refractivity (Wildman–Crippen MR) is 134 cm³/mol. The van der Waals surface area contributed by atoms with Crippen LogP contribution in [0.1, 0.15) is 76.2 Å². The molecule has 0 unspecified atom stereocenters. The van der Waals surface area contributed by atoms with Gasteiger partial charge in [-0.05, 0) is 60.1 Å². The van der Waals surface area contributed by atoms with Crippen LogP contribution in [0.5, 0.6) is 0 Å². The Morgan fingerprint density at radius 2 is 1.81 bits per heavy atom. The lowest BCUT2D eigenvalue weighted by molar-refractivity contribution is 0.0939. The van der Waals surface area contributed by atoms with Crippen LogP contribution in [0, 0.1) is 11.3 Å². The van der Waals surface area contributed by atoms with E-state index in [9.17, 15) is 9.59 Å². The number of nitrogens with one attached hydrogen (secondary N) is 2. The van der Waals surface area contributed by atoms with Crippen LogP contribution >= 0.6 is 22.7 Å². The summed E-state index contributed by atoms with van der Waals surface area (Å²) in [5, 5.41) is 8.76. The molecule has 1 aromatic carbocycles. The van der Waals surface area contributed by atoms with Crippen LogP contribution in [-0.4, -0.2) is 11.8 Å². The van der Waals surface area contributed by atoms with E-state index in [1.165, 1.54) is 16.2 Å². The van der Waals surface area contributed by atoms with Gasteiger partial charge in [-0.15, -0.1) is 22.7 Å². The molecule has 0 radical (unpaired) electrons. The molecule has 2 heterocycles. The van der Waals surface area contributed by atoms with Crippen molar-refractivity contribution in [2.75, 3.05) is 5.32 Å². The average molecular weight is 467 g/mol. The van der Waals surface area contributed by atoms with Gasteiger partial charge >= 0.3 is 0 Å². The van der Waals surface area contributed by atoms with Gasteiger partial charge in [0.2, 0.25) is 0 Å². The molecule has 4 nitrogen and oxygen atoms in total. The molecule has 2 N–H and O–H groups in total. The molecule has 168 valence electrons. The van der Waals surface area contributed by atoms with Crippen LogP contribution < -0.4 is 10.6 Å². The Bertz CT molecular complexity index is 1100. The number of benzene rings is 1. The molecule has 0 saturated heterocycles. The van der Waals surface area contributed by atoms with Crippen molar-refractivity contribution in [3.8, 4) is 0 Å². The normalized spacial score (nSPS) is 16.8. The lowest BCUT2D eigenvalue weighted by Gasteiger charge is -2.34. The molecule has 1 aliphatic rings. The van der Waals surface area contributed by atoms with Crippen molar-refractivity contribution >= 4 is 39.5 Å². The van der Waals surface area contributed by atoms with Crippen LogP contribution in [0.15, 0.2) is 47.8 Å². The molecule has 0 aliphatic heterocycles. The number of thiophene rings is 2. The van der Waals surface area contributed by atoms with Crippen LogP contribution in [0.4, 0.5) is 5.00 Å². The van der Waals surface area contributed by atoms with Crippen LogP contribution in [0.3, 0.4) is 0 Å². The molecular formula is C26H30N2O2S2. The Labute approximate surface area is 198 Å². The highest BCUT2D eigenvalue weighted by atomic mass is 32.1. The largest absolute Gasteiger partial charge is 0.345 e. The minimum atomic E-state index is -0.156. The highest BCUT2D eigenvalue weighted by Gasteiger charge is 2.34. The van der Waals surface area contributed by atoms with Gasteiger partial charge in [0, 0.05) is 4.88 Å². The van der Waals surface area contributed by atoms with Gasteiger partial charge in [0.25, 0.3) is 11.8 Å². The molecule has 1 aliphatic carbocycles. The van der Waals surface area contributed by atoms with Gasteiger partial charge in [-0.3, -0.25) is 9.59 Å². The fourth-order valence-electron chi connectivity index (χ4n) is 4.32. The van der Waals surface area contributed by atoms with Crippen molar-refractivity contribution in [1.29, 1.82) is 0 Å². The number of hydrogen-bond acceptors (Lipinski definition) is 4. The monoisotopic (exact) mass is 466 g/mol. The molecular weight excluding hydrogens is 436 g/mol. The lowest BCUT2D eigenvalue weighted by atomic mass is 9.72. The summed E-state index contributed by atoms with van der Waals surface area (Å²) in [4.78, 5) is 28.2. The van der Waals surface area contributed by atoms with Gasteiger partial charge in [0.1, 0.15) is 5.00 Å². The number of anilines is 1. The van der Waals surface area contributed by atoms with E-state index in [2.05, 4.69) is 31.4 Å². The minimum Gasteiger partial charge on any atom is -0.345 e. The summed E-state index contributed by atoms with van der Waals surface area (Å²) in [6.07, 6.45) is 2.87. The van der Waals surface area contributed by atoms with Crippen LogP contribution in [0.25, 0.3) is 0 Å². The van der Waals surface area contributed by atoms with Crippen LogP contribution in [-0.2, 0) is 12.8 Å². The molecule has 6 heteroatoms. The average Bonchev–Trinajstić information content (AvgIpc) is 3.41.